The standard InChI is InChI=1S/C11H21N/c1-3-10-5-6-11(7-10)8-12(4-2)9-11/h10H,3-9H2,1-2H3. The molecule has 0 bridgehead atoms. The van der Waals surface area contributed by atoms with Gasteiger partial charge in [0.05, 0.1) is 0 Å². The van der Waals surface area contributed by atoms with Crippen molar-refractivity contribution in [3.05, 3.63) is 0 Å². The summed E-state index contributed by atoms with van der Waals surface area (Å²) in [7, 11) is 0. The number of likely N-dealkylation sites (tertiary alicyclic amines) is 1. The molecule has 1 spiro atoms. The fraction of sp³-hybridized carbons (Fsp3) is 1.00. The summed E-state index contributed by atoms with van der Waals surface area (Å²) in [4.78, 5) is 2.58. The van der Waals surface area contributed by atoms with Crippen LogP contribution in [-0.4, -0.2) is 24.5 Å². The normalized spacial score (nSPS) is 34.0. The molecule has 0 amide bonds. The predicted molar refractivity (Wildman–Crippen MR) is 52.2 cm³/mol. The van der Waals surface area contributed by atoms with Crippen molar-refractivity contribution in [1.29, 1.82) is 0 Å². The largest absolute Gasteiger partial charge is 0.302 e. The fourth-order valence-corrected chi connectivity index (χ4v) is 3.09. The van der Waals surface area contributed by atoms with Crippen molar-refractivity contribution in [1.82, 2.24) is 4.90 Å². The monoisotopic (exact) mass is 167 g/mol. The Bertz CT molecular complexity index is 158. The van der Waals surface area contributed by atoms with Crippen molar-refractivity contribution in [2.24, 2.45) is 11.3 Å². The van der Waals surface area contributed by atoms with E-state index in [4.69, 9.17) is 0 Å². The van der Waals surface area contributed by atoms with Gasteiger partial charge in [-0.25, -0.2) is 0 Å². The first-order valence-corrected chi connectivity index (χ1v) is 5.50. The zero-order valence-electron chi connectivity index (χ0n) is 8.47. The maximum atomic E-state index is 2.58. The summed E-state index contributed by atoms with van der Waals surface area (Å²) in [5.41, 5.74) is 0.788. The van der Waals surface area contributed by atoms with Crippen LogP contribution < -0.4 is 0 Å². The highest BCUT2D eigenvalue weighted by Gasteiger charge is 2.46. The Balaban J connectivity index is 1.84. The molecule has 1 saturated carbocycles. The summed E-state index contributed by atoms with van der Waals surface area (Å²) in [6.07, 6.45) is 5.96. The van der Waals surface area contributed by atoms with E-state index < -0.39 is 0 Å². The van der Waals surface area contributed by atoms with E-state index in [0.717, 1.165) is 11.3 Å². The van der Waals surface area contributed by atoms with Crippen molar-refractivity contribution >= 4 is 0 Å². The van der Waals surface area contributed by atoms with E-state index in [9.17, 15) is 0 Å². The summed E-state index contributed by atoms with van der Waals surface area (Å²) in [6, 6.07) is 0. The second kappa shape index (κ2) is 3.02. The molecular formula is C11H21N. The summed E-state index contributed by atoms with van der Waals surface area (Å²) in [5.74, 6) is 1.06. The molecule has 0 aromatic carbocycles. The van der Waals surface area contributed by atoms with Crippen LogP contribution in [0.25, 0.3) is 0 Å². The van der Waals surface area contributed by atoms with Crippen LogP contribution in [0.5, 0.6) is 0 Å². The van der Waals surface area contributed by atoms with E-state index in [1.807, 2.05) is 0 Å². The number of hydrogen-bond donors (Lipinski definition) is 0. The lowest BCUT2D eigenvalue weighted by Gasteiger charge is -2.48. The highest BCUT2D eigenvalue weighted by Crippen LogP contribution is 2.48. The van der Waals surface area contributed by atoms with E-state index in [2.05, 4.69) is 18.7 Å². The van der Waals surface area contributed by atoms with Crippen molar-refractivity contribution in [3.8, 4) is 0 Å². The van der Waals surface area contributed by atoms with E-state index in [-0.39, 0.29) is 0 Å². The molecule has 1 heterocycles. The molecule has 1 saturated heterocycles. The number of rotatable bonds is 2. The van der Waals surface area contributed by atoms with Crippen LogP contribution in [0.15, 0.2) is 0 Å². The molecule has 1 heteroatoms. The lowest BCUT2D eigenvalue weighted by atomic mass is 9.77. The van der Waals surface area contributed by atoms with E-state index in [0.29, 0.717) is 0 Å². The molecule has 1 unspecified atom stereocenters. The van der Waals surface area contributed by atoms with Gasteiger partial charge in [-0.3, -0.25) is 0 Å². The molecule has 0 N–H and O–H groups in total. The van der Waals surface area contributed by atoms with Crippen molar-refractivity contribution in [2.75, 3.05) is 19.6 Å². The van der Waals surface area contributed by atoms with Gasteiger partial charge in [0.15, 0.2) is 0 Å². The first-order valence-electron chi connectivity index (χ1n) is 5.50. The minimum atomic E-state index is 0.788. The Kier molecular flexibility index (Phi) is 2.16. The first kappa shape index (κ1) is 8.55. The van der Waals surface area contributed by atoms with Gasteiger partial charge >= 0.3 is 0 Å². The minimum Gasteiger partial charge on any atom is -0.302 e. The van der Waals surface area contributed by atoms with E-state index >= 15 is 0 Å². The molecule has 70 valence electrons. The van der Waals surface area contributed by atoms with Gasteiger partial charge in [-0.15, -0.1) is 0 Å². The van der Waals surface area contributed by atoms with Crippen LogP contribution in [0.4, 0.5) is 0 Å². The van der Waals surface area contributed by atoms with E-state index in [1.165, 1.54) is 45.3 Å². The SMILES string of the molecule is CCC1CCC2(C1)CN(CC)C2. The van der Waals surface area contributed by atoms with Gasteiger partial charge in [0.1, 0.15) is 0 Å². The van der Waals surface area contributed by atoms with Gasteiger partial charge in [-0.1, -0.05) is 20.3 Å². The van der Waals surface area contributed by atoms with Gasteiger partial charge < -0.3 is 4.90 Å². The maximum absolute atomic E-state index is 2.58. The molecule has 1 atom stereocenters. The summed E-state index contributed by atoms with van der Waals surface area (Å²) in [6.45, 7) is 8.69. The molecular weight excluding hydrogens is 146 g/mol. The van der Waals surface area contributed by atoms with E-state index in [1.54, 1.807) is 0 Å². The molecule has 0 aromatic rings. The number of nitrogens with zero attached hydrogens (tertiary/aromatic N) is 1. The van der Waals surface area contributed by atoms with Crippen LogP contribution in [0.1, 0.15) is 39.5 Å². The van der Waals surface area contributed by atoms with Crippen LogP contribution in [-0.2, 0) is 0 Å². The molecule has 2 aliphatic rings. The fourth-order valence-electron chi connectivity index (χ4n) is 3.09. The molecule has 1 nitrogen and oxygen atoms in total. The second-order valence-corrected chi connectivity index (χ2v) is 4.82. The molecule has 1 aliphatic heterocycles. The molecule has 0 radical (unpaired) electrons. The van der Waals surface area contributed by atoms with Gasteiger partial charge in [-0.2, -0.15) is 0 Å². The van der Waals surface area contributed by atoms with Crippen molar-refractivity contribution < 1.29 is 0 Å². The first-order chi connectivity index (χ1) is 5.78. The third kappa shape index (κ3) is 1.28. The minimum absolute atomic E-state index is 0.788. The Morgan fingerprint density at radius 3 is 2.58 bits per heavy atom. The third-order valence-corrected chi connectivity index (χ3v) is 3.95. The number of hydrogen-bond acceptors (Lipinski definition) is 1. The van der Waals surface area contributed by atoms with Crippen LogP contribution >= 0.6 is 0 Å². The molecule has 0 aromatic heterocycles. The third-order valence-electron chi connectivity index (χ3n) is 3.95. The van der Waals surface area contributed by atoms with Gasteiger partial charge in [0.2, 0.25) is 0 Å². The summed E-state index contributed by atoms with van der Waals surface area (Å²) in [5, 5.41) is 0. The maximum Gasteiger partial charge on any atom is 0.00505 e. The highest BCUT2D eigenvalue weighted by molar-refractivity contribution is 4.99. The zero-order valence-corrected chi connectivity index (χ0v) is 8.47. The van der Waals surface area contributed by atoms with Gasteiger partial charge in [0, 0.05) is 13.1 Å². The molecule has 1 aliphatic carbocycles. The second-order valence-electron chi connectivity index (χ2n) is 4.82. The molecule has 12 heavy (non-hydrogen) atoms. The average molecular weight is 167 g/mol. The topological polar surface area (TPSA) is 3.24 Å². The zero-order chi connectivity index (χ0) is 8.60. The highest BCUT2D eigenvalue weighted by atomic mass is 15.2. The quantitative estimate of drug-likeness (QED) is 0.611. The van der Waals surface area contributed by atoms with Crippen molar-refractivity contribution in [2.45, 2.75) is 39.5 Å². The average Bonchev–Trinajstić information content (AvgIpc) is 2.45. The summed E-state index contributed by atoms with van der Waals surface area (Å²) >= 11 is 0. The van der Waals surface area contributed by atoms with Crippen LogP contribution in [0.3, 0.4) is 0 Å². The Hall–Kier alpha value is -0.0400. The van der Waals surface area contributed by atoms with Crippen LogP contribution in [0.2, 0.25) is 0 Å². The Morgan fingerprint density at radius 2 is 2.08 bits per heavy atom. The Morgan fingerprint density at radius 1 is 1.33 bits per heavy atom. The molecule has 2 rings (SSSR count). The Labute approximate surface area is 76.1 Å². The summed E-state index contributed by atoms with van der Waals surface area (Å²) < 4.78 is 0. The smallest absolute Gasteiger partial charge is 0.00505 e. The lowest BCUT2D eigenvalue weighted by Crippen LogP contribution is -2.54. The van der Waals surface area contributed by atoms with Gasteiger partial charge in [-0.05, 0) is 37.1 Å². The molecule has 2 fully saturated rings. The van der Waals surface area contributed by atoms with Crippen LogP contribution in [0, 0.1) is 11.3 Å². The lowest BCUT2D eigenvalue weighted by molar-refractivity contribution is 0.00732. The predicted octanol–water partition coefficient (Wildman–Crippen LogP) is 2.52. The van der Waals surface area contributed by atoms with Gasteiger partial charge in [0.25, 0.3) is 0 Å². The van der Waals surface area contributed by atoms with Crippen molar-refractivity contribution in [3.63, 3.8) is 0 Å².